The average molecular weight is 252 g/mol. The summed E-state index contributed by atoms with van der Waals surface area (Å²) in [5.41, 5.74) is 10.5. The van der Waals surface area contributed by atoms with Crippen molar-refractivity contribution in [1.82, 2.24) is 15.0 Å². The Bertz CT molecular complexity index is 216. The molecule has 0 bridgehead atoms. The maximum Gasteiger partial charge on any atom is 0.238 e. The normalized spacial score (nSPS) is 9.30. The fourth-order valence-electron chi connectivity index (χ4n) is 0.452. The van der Waals surface area contributed by atoms with E-state index in [2.05, 4.69) is 18.5 Å². The van der Waals surface area contributed by atoms with Crippen molar-refractivity contribution in [2.75, 3.05) is 15.0 Å². The number of nitrogen functional groups attached to an aromatic ring is 2. The Balaban J connectivity index is 3.06. The van der Waals surface area contributed by atoms with Crippen LogP contribution in [0.25, 0.3) is 0 Å². The van der Waals surface area contributed by atoms with Gasteiger partial charge in [0.1, 0.15) is 0 Å². The van der Waals surface area contributed by atoms with Crippen molar-refractivity contribution in [3.8, 4) is 0 Å². The first-order valence-corrected chi connectivity index (χ1v) is 3.44. The number of rotatable bonds is 1. The fraction of sp³-hybridized carbons (Fsp3) is 0. The molecule has 0 saturated carbocycles. The maximum absolute atomic E-state index is 5.25. The summed E-state index contributed by atoms with van der Waals surface area (Å²) in [6.07, 6.45) is 0. The standard InChI is InChI=1S/C3H5IN6/c4-10-3-8-1(5)7-2(6)9-3/h(H5,5,6,7,8,9,10). The lowest BCUT2D eigenvalue weighted by Gasteiger charge is -1.97. The van der Waals surface area contributed by atoms with Crippen LogP contribution in [0.1, 0.15) is 0 Å². The van der Waals surface area contributed by atoms with E-state index in [4.69, 9.17) is 11.5 Å². The molecule has 0 atom stereocenters. The molecule has 0 radical (unpaired) electrons. The summed E-state index contributed by atoms with van der Waals surface area (Å²) in [6, 6.07) is 0. The van der Waals surface area contributed by atoms with E-state index in [-0.39, 0.29) is 11.9 Å². The van der Waals surface area contributed by atoms with Gasteiger partial charge in [0.2, 0.25) is 17.8 Å². The molecule has 7 heteroatoms. The van der Waals surface area contributed by atoms with Gasteiger partial charge in [0.25, 0.3) is 0 Å². The summed E-state index contributed by atoms with van der Waals surface area (Å²) in [5.74, 6) is 0.601. The fourth-order valence-corrected chi connectivity index (χ4v) is 0.693. The highest BCUT2D eigenvalue weighted by Crippen LogP contribution is 2.04. The summed E-state index contributed by atoms with van der Waals surface area (Å²) >= 11 is 1.87. The molecule has 6 nitrogen and oxygen atoms in total. The predicted molar refractivity (Wildman–Crippen MR) is 46.3 cm³/mol. The van der Waals surface area contributed by atoms with Crippen molar-refractivity contribution in [2.24, 2.45) is 0 Å². The van der Waals surface area contributed by atoms with E-state index in [9.17, 15) is 0 Å². The third-order valence-electron chi connectivity index (χ3n) is 0.755. The molecule has 1 aromatic rings. The lowest BCUT2D eigenvalue weighted by atomic mass is 10.9. The van der Waals surface area contributed by atoms with Gasteiger partial charge in [-0.05, 0) is 0 Å². The topological polar surface area (TPSA) is 103 Å². The second-order valence-corrected chi connectivity index (χ2v) is 2.01. The molecule has 0 aromatic carbocycles. The van der Waals surface area contributed by atoms with Gasteiger partial charge in [-0.3, -0.25) is 3.53 Å². The van der Waals surface area contributed by atoms with Gasteiger partial charge in [-0.2, -0.15) is 15.0 Å². The zero-order valence-corrected chi connectivity index (χ0v) is 7.03. The molecule has 5 N–H and O–H groups in total. The molecule has 0 aliphatic rings. The summed E-state index contributed by atoms with van der Waals surface area (Å²) in [7, 11) is 0. The van der Waals surface area contributed by atoms with Crippen LogP contribution in [0.2, 0.25) is 0 Å². The summed E-state index contributed by atoms with van der Waals surface area (Å²) in [6.45, 7) is 0. The van der Waals surface area contributed by atoms with E-state index in [1.165, 1.54) is 0 Å². The van der Waals surface area contributed by atoms with Gasteiger partial charge in [0, 0.05) is 0 Å². The maximum atomic E-state index is 5.25. The first kappa shape index (κ1) is 7.25. The van der Waals surface area contributed by atoms with Crippen LogP contribution in [0.3, 0.4) is 0 Å². The van der Waals surface area contributed by atoms with Gasteiger partial charge in [-0.25, -0.2) is 0 Å². The average Bonchev–Trinajstić information content (AvgIpc) is 1.85. The molecule has 0 unspecified atom stereocenters. The molecule has 0 spiro atoms. The molecule has 1 aromatic heterocycles. The number of halogens is 1. The van der Waals surface area contributed by atoms with Gasteiger partial charge in [0.05, 0.1) is 22.9 Å². The third-order valence-corrected chi connectivity index (χ3v) is 1.24. The molecule has 0 aliphatic carbocycles. The quantitative estimate of drug-likeness (QED) is 0.472. The number of hydrogen-bond donors (Lipinski definition) is 3. The van der Waals surface area contributed by atoms with Crippen LogP contribution in [0.15, 0.2) is 0 Å². The van der Waals surface area contributed by atoms with Crippen LogP contribution in [0, 0.1) is 0 Å². The third kappa shape index (κ3) is 1.56. The Morgan fingerprint density at radius 2 is 1.60 bits per heavy atom. The van der Waals surface area contributed by atoms with Crippen LogP contribution in [-0.4, -0.2) is 15.0 Å². The zero-order chi connectivity index (χ0) is 7.56. The Kier molecular flexibility index (Phi) is 2.04. The monoisotopic (exact) mass is 252 g/mol. The second kappa shape index (κ2) is 2.82. The summed E-state index contributed by atoms with van der Waals surface area (Å²) in [4.78, 5) is 11.0. The van der Waals surface area contributed by atoms with Crippen LogP contribution < -0.4 is 15.0 Å². The van der Waals surface area contributed by atoms with E-state index < -0.39 is 0 Å². The largest absolute Gasteiger partial charge is 0.368 e. The minimum absolute atomic E-state index is 0.117. The lowest BCUT2D eigenvalue weighted by molar-refractivity contribution is 1.10. The van der Waals surface area contributed by atoms with E-state index in [0.717, 1.165) is 0 Å². The lowest BCUT2D eigenvalue weighted by Crippen LogP contribution is -2.04. The smallest absolute Gasteiger partial charge is 0.238 e. The minimum atomic E-state index is 0.117. The molecule has 1 heterocycles. The highest BCUT2D eigenvalue weighted by Gasteiger charge is 1.97. The SMILES string of the molecule is Nc1nc(N)nc(NI)n1. The number of nitrogens with two attached hydrogens (primary N) is 2. The van der Waals surface area contributed by atoms with Crippen molar-refractivity contribution in [3.63, 3.8) is 0 Å². The van der Waals surface area contributed by atoms with Crippen molar-refractivity contribution in [2.45, 2.75) is 0 Å². The molecule has 1 rings (SSSR count). The van der Waals surface area contributed by atoms with Gasteiger partial charge in [0.15, 0.2) is 0 Å². The number of hydrogen-bond acceptors (Lipinski definition) is 6. The van der Waals surface area contributed by atoms with Crippen molar-refractivity contribution in [3.05, 3.63) is 0 Å². The van der Waals surface area contributed by atoms with Crippen molar-refractivity contribution >= 4 is 40.7 Å². The van der Waals surface area contributed by atoms with Crippen LogP contribution in [0.4, 0.5) is 17.8 Å². The molecule has 54 valence electrons. The number of anilines is 3. The first-order valence-electron chi connectivity index (χ1n) is 2.36. The van der Waals surface area contributed by atoms with Crippen LogP contribution in [-0.2, 0) is 0 Å². The number of aromatic nitrogens is 3. The molecular weight excluding hydrogens is 247 g/mol. The first-order chi connectivity index (χ1) is 4.72. The minimum Gasteiger partial charge on any atom is -0.368 e. The number of nitrogens with zero attached hydrogens (tertiary/aromatic N) is 3. The van der Waals surface area contributed by atoms with E-state index in [0.29, 0.717) is 5.95 Å². The highest BCUT2D eigenvalue weighted by molar-refractivity contribution is 14.1. The van der Waals surface area contributed by atoms with Crippen LogP contribution >= 0.6 is 22.9 Å². The van der Waals surface area contributed by atoms with E-state index in [1.54, 1.807) is 0 Å². The number of nitrogens with one attached hydrogen (secondary N) is 1. The van der Waals surface area contributed by atoms with Gasteiger partial charge >= 0.3 is 0 Å². The summed E-state index contributed by atoms with van der Waals surface area (Å²) in [5, 5.41) is 0. The van der Waals surface area contributed by atoms with Gasteiger partial charge in [-0.1, -0.05) is 0 Å². The van der Waals surface area contributed by atoms with Crippen LogP contribution in [0.5, 0.6) is 0 Å². The highest BCUT2D eigenvalue weighted by atomic mass is 127. The van der Waals surface area contributed by atoms with Gasteiger partial charge in [-0.15, -0.1) is 0 Å². The molecule has 0 fully saturated rings. The predicted octanol–water partition coefficient (Wildman–Crippen LogP) is -0.202. The van der Waals surface area contributed by atoms with Crippen molar-refractivity contribution < 1.29 is 0 Å². The second-order valence-electron chi connectivity index (χ2n) is 1.47. The molecular formula is C3H5IN6. The molecule has 10 heavy (non-hydrogen) atoms. The Morgan fingerprint density at radius 3 is 2.00 bits per heavy atom. The Hall–Kier alpha value is -0.860. The Morgan fingerprint density at radius 1 is 1.10 bits per heavy atom. The van der Waals surface area contributed by atoms with E-state index >= 15 is 0 Å². The Labute approximate surface area is 70.9 Å². The van der Waals surface area contributed by atoms with E-state index in [1.807, 2.05) is 22.9 Å². The zero-order valence-electron chi connectivity index (χ0n) is 4.87. The molecule has 0 aliphatic heterocycles. The summed E-state index contributed by atoms with van der Waals surface area (Å²) < 4.78 is 2.66. The van der Waals surface area contributed by atoms with Crippen molar-refractivity contribution in [1.29, 1.82) is 0 Å². The van der Waals surface area contributed by atoms with Gasteiger partial charge < -0.3 is 11.5 Å². The molecule has 0 amide bonds. The molecule has 0 saturated heterocycles.